The molecule has 174 valence electrons. The predicted octanol–water partition coefficient (Wildman–Crippen LogP) is 3.61. The molecular formula is C25H36N3O3S+. The van der Waals surface area contributed by atoms with Crippen molar-refractivity contribution in [3.63, 3.8) is 0 Å². The Morgan fingerprint density at radius 1 is 1.19 bits per heavy atom. The van der Waals surface area contributed by atoms with E-state index in [0.29, 0.717) is 32.1 Å². The van der Waals surface area contributed by atoms with Gasteiger partial charge in [-0.2, -0.15) is 0 Å². The second-order valence-electron chi connectivity index (χ2n) is 8.89. The van der Waals surface area contributed by atoms with Crippen molar-refractivity contribution >= 4 is 23.5 Å². The lowest BCUT2D eigenvalue weighted by Gasteiger charge is -2.20. The fourth-order valence-electron chi connectivity index (χ4n) is 4.55. The summed E-state index contributed by atoms with van der Waals surface area (Å²) in [6.45, 7) is 7.63. The Balaban J connectivity index is 1.45. The van der Waals surface area contributed by atoms with Crippen molar-refractivity contribution in [3.8, 4) is 0 Å². The van der Waals surface area contributed by atoms with Crippen LogP contribution in [0.2, 0.25) is 0 Å². The number of piperidine rings is 1. The third-order valence-electron chi connectivity index (χ3n) is 6.55. The topological polar surface area (TPSA) is 56.6 Å². The Labute approximate surface area is 195 Å². The molecule has 4 rings (SSSR count). The van der Waals surface area contributed by atoms with E-state index in [9.17, 15) is 4.79 Å². The zero-order chi connectivity index (χ0) is 22.5. The molecule has 3 heterocycles. The molecule has 0 aromatic carbocycles. The maximum Gasteiger partial charge on any atom is 0.355 e. The van der Waals surface area contributed by atoms with Crippen LogP contribution in [0, 0.1) is 18.8 Å². The predicted molar refractivity (Wildman–Crippen MR) is 131 cm³/mol. The Morgan fingerprint density at radius 2 is 2.00 bits per heavy atom. The number of nitrogens with zero attached hydrogens (tertiary/aromatic N) is 3. The minimum Gasteiger partial charge on any atom is -0.461 e. The Hall–Kier alpha value is -1.99. The molecule has 2 fully saturated rings. The third kappa shape index (κ3) is 5.49. The highest BCUT2D eigenvalue weighted by Crippen LogP contribution is 2.46. The highest BCUT2D eigenvalue weighted by atomic mass is 32.2. The number of carbonyl (C=O) groups excluding carboxylic acids is 1. The molecule has 32 heavy (non-hydrogen) atoms. The number of anilines is 1. The molecule has 6 nitrogen and oxygen atoms in total. The molecule has 7 heteroatoms. The molecule has 0 bridgehead atoms. The fraction of sp³-hybridized carbons (Fsp3) is 0.600. The summed E-state index contributed by atoms with van der Waals surface area (Å²) in [5.74, 6) is 3.78. The van der Waals surface area contributed by atoms with Crippen molar-refractivity contribution in [2.24, 2.45) is 11.8 Å². The third-order valence-corrected chi connectivity index (χ3v) is 7.31. The number of esters is 1. The summed E-state index contributed by atoms with van der Waals surface area (Å²) in [5, 5.41) is 0. The van der Waals surface area contributed by atoms with E-state index in [4.69, 9.17) is 14.5 Å². The molecule has 2 aliphatic rings. The average molecular weight is 459 g/mol. The van der Waals surface area contributed by atoms with Gasteiger partial charge in [-0.15, -0.1) is 0 Å². The number of aromatic nitrogens is 2. The Morgan fingerprint density at radius 3 is 2.72 bits per heavy atom. The summed E-state index contributed by atoms with van der Waals surface area (Å²) in [6.07, 6.45) is 6.48. The number of thiol groups is 1. The number of ether oxygens (including phenoxy) is 2. The van der Waals surface area contributed by atoms with Crippen LogP contribution in [-0.4, -0.2) is 53.8 Å². The first kappa shape index (κ1) is 23.2. The molecule has 1 aliphatic heterocycles. The highest BCUT2D eigenvalue weighted by Gasteiger charge is 2.45. The van der Waals surface area contributed by atoms with Gasteiger partial charge in [0.05, 0.1) is 12.9 Å². The van der Waals surface area contributed by atoms with E-state index >= 15 is 0 Å². The Bertz CT molecular complexity index is 919. The van der Waals surface area contributed by atoms with E-state index in [2.05, 4.69) is 30.2 Å². The van der Waals surface area contributed by atoms with E-state index in [1.165, 1.54) is 29.5 Å². The number of rotatable bonds is 12. The van der Waals surface area contributed by atoms with Crippen molar-refractivity contribution in [1.82, 2.24) is 9.55 Å². The van der Waals surface area contributed by atoms with Crippen LogP contribution in [0.15, 0.2) is 24.3 Å². The fourth-order valence-corrected chi connectivity index (χ4v) is 5.09. The van der Waals surface area contributed by atoms with Gasteiger partial charge in [0.1, 0.15) is 24.0 Å². The van der Waals surface area contributed by atoms with Gasteiger partial charge in [-0.1, -0.05) is 6.07 Å². The largest absolute Gasteiger partial charge is 0.461 e. The van der Waals surface area contributed by atoms with E-state index in [-0.39, 0.29) is 5.97 Å². The zero-order valence-corrected chi connectivity index (χ0v) is 20.4. The molecular weight excluding hydrogens is 422 g/mol. The molecule has 2 unspecified atom stereocenters. The standard InChI is InChI=1S/C25H35N3O3S/c1-4-31-25(29)23-9-8-22(28(23)17-30-11-5-6-12-32-3)14-19-7-10-24(26-18(19)2)27-15-20-13-21(20)16-27/h7-10,20-21H,4-6,11-17H2,1-3H3/p+1. The van der Waals surface area contributed by atoms with Crippen molar-refractivity contribution < 1.29 is 14.3 Å². The number of hydrogen-bond acceptors (Lipinski definition) is 5. The second-order valence-corrected chi connectivity index (χ2v) is 9.97. The van der Waals surface area contributed by atoms with Crippen LogP contribution in [0.25, 0.3) is 0 Å². The van der Waals surface area contributed by atoms with Crippen LogP contribution < -0.4 is 4.90 Å². The normalized spacial score (nSPS) is 19.3. The molecule has 2 aromatic heterocycles. The summed E-state index contributed by atoms with van der Waals surface area (Å²) < 4.78 is 13.2. The van der Waals surface area contributed by atoms with E-state index < -0.39 is 0 Å². The van der Waals surface area contributed by atoms with Gasteiger partial charge in [0, 0.05) is 37.5 Å². The molecule has 1 saturated heterocycles. The van der Waals surface area contributed by atoms with Crippen molar-refractivity contribution in [2.75, 3.05) is 43.2 Å². The summed E-state index contributed by atoms with van der Waals surface area (Å²) in [4.78, 5) is 19.8. The number of carbonyl (C=O) groups is 1. The lowest BCUT2D eigenvalue weighted by Crippen LogP contribution is -2.23. The molecule has 1 aliphatic carbocycles. The van der Waals surface area contributed by atoms with E-state index in [1.54, 1.807) is 0 Å². The minimum atomic E-state index is -0.301. The maximum absolute atomic E-state index is 12.5. The minimum absolute atomic E-state index is 0.301. The Kier molecular flexibility index (Phi) is 7.79. The number of pyridine rings is 1. The molecule has 2 aromatic rings. The van der Waals surface area contributed by atoms with E-state index in [1.807, 2.05) is 23.6 Å². The van der Waals surface area contributed by atoms with Crippen LogP contribution in [0.5, 0.6) is 0 Å². The van der Waals surface area contributed by atoms with Crippen LogP contribution in [-0.2, 0) is 34.4 Å². The molecule has 0 amide bonds. The first-order valence-electron chi connectivity index (χ1n) is 11.8. The van der Waals surface area contributed by atoms with Gasteiger partial charge < -0.3 is 18.9 Å². The second kappa shape index (κ2) is 10.8. The highest BCUT2D eigenvalue weighted by molar-refractivity contribution is 7.77. The first-order chi connectivity index (χ1) is 15.6. The van der Waals surface area contributed by atoms with Crippen LogP contribution in [0.4, 0.5) is 5.82 Å². The van der Waals surface area contributed by atoms with E-state index in [0.717, 1.165) is 55.0 Å². The molecule has 0 radical (unpaired) electrons. The summed E-state index contributed by atoms with van der Waals surface area (Å²) in [7, 11) is 0. The molecule has 0 N–H and O–H groups in total. The number of aryl methyl sites for hydroxylation is 1. The zero-order valence-electron chi connectivity index (χ0n) is 19.5. The van der Waals surface area contributed by atoms with Crippen LogP contribution in [0.1, 0.15) is 53.6 Å². The smallest absolute Gasteiger partial charge is 0.355 e. The van der Waals surface area contributed by atoms with Crippen molar-refractivity contribution in [3.05, 3.63) is 46.9 Å². The van der Waals surface area contributed by atoms with Gasteiger partial charge in [-0.3, -0.25) is 0 Å². The molecule has 0 spiro atoms. The van der Waals surface area contributed by atoms with Crippen molar-refractivity contribution in [1.29, 1.82) is 0 Å². The van der Waals surface area contributed by atoms with Crippen LogP contribution >= 0.6 is 0 Å². The van der Waals surface area contributed by atoms with Gasteiger partial charge in [-0.25, -0.2) is 9.78 Å². The number of hydrogen-bond donors (Lipinski definition) is 0. The number of unbranched alkanes of at least 4 members (excludes halogenated alkanes) is 1. The summed E-state index contributed by atoms with van der Waals surface area (Å²) in [6, 6.07) is 8.19. The van der Waals surface area contributed by atoms with Crippen molar-refractivity contribution in [2.45, 2.75) is 46.3 Å². The quantitative estimate of drug-likeness (QED) is 0.210. The summed E-state index contributed by atoms with van der Waals surface area (Å²) >= 11 is 1.42. The average Bonchev–Trinajstić information content (AvgIpc) is 3.19. The monoisotopic (exact) mass is 458 g/mol. The van der Waals surface area contributed by atoms with Gasteiger partial charge in [0.15, 0.2) is 0 Å². The van der Waals surface area contributed by atoms with Gasteiger partial charge in [0.2, 0.25) is 0 Å². The SMILES string of the molecule is CCOC(=O)c1ccc(Cc2ccc(N3CC4CC4C3)nc2C)n1COCCCC[SH+]C. The van der Waals surface area contributed by atoms with Gasteiger partial charge >= 0.3 is 5.97 Å². The van der Waals surface area contributed by atoms with Gasteiger partial charge in [-0.05, 0) is 80.5 Å². The summed E-state index contributed by atoms with van der Waals surface area (Å²) in [5.41, 5.74) is 3.82. The lowest BCUT2D eigenvalue weighted by atomic mass is 10.1. The van der Waals surface area contributed by atoms with Crippen LogP contribution in [0.3, 0.4) is 0 Å². The maximum atomic E-state index is 12.5. The number of fused-ring (bicyclic) bond motifs is 1. The first-order valence-corrected chi connectivity index (χ1v) is 13.3. The molecule has 1 saturated carbocycles. The lowest BCUT2D eigenvalue weighted by molar-refractivity contribution is 0.0455. The molecule has 2 atom stereocenters. The van der Waals surface area contributed by atoms with Gasteiger partial charge in [0.25, 0.3) is 0 Å².